The molecule has 1 aliphatic heterocycles. The Morgan fingerprint density at radius 2 is 2.17 bits per heavy atom. The summed E-state index contributed by atoms with van der Waals surface area (Å²) in [4.78, 5) is 2.33. The third-order valence-electron chi connectivity index (χ3n) is 4.19. The summed E-state index contributed by atoms with van der Waals surface area (Å²) in [6.07, 6.45) is 6.95. The number of fused-ring (bicyclic) bond motifs is 1. The molecule has 2 aromatic heterocycles. The minimum absolute atomic E-state index is 0.169. The van der Waals surface area contributed by atoms with Gasteiger partial charge in [-0.1, -0.05) is 0 Å². The zero-order chi connectivity index (χ0) is 17.2. The van der Waals surface area contributed by atoms with E-state index in [2.05, 4.69) is 32.9 Å². The second-order valence-electron chi connectivity index (χ2n) is 6.37. The Bertz CT molecular complexity index is 781. The summed E-state index contributed by atoms with van der Waals surface area (Å²) in [6, 6.07) is 2.02. The molecule has 132 valence electrons. The van der Waals surface area contributed by atoms with Crippen molar-refractivity contribution in [3.8, 4) is 0 Å². The maximum Gasteiger partial charge on any atom is 0.208 e. The highest BCUT2D eigenvalue weighted by atomic mass is 32.2. The van der Waals surface area contributed by atoms with Crippen molar-refractivity contribution >= 4 is 10.0 Å². The lowest BCUT2D eigenvalue weighted by Crippen LogP contribution is -2.36. The Morgan fingerprint density at radius 3 is 2.88 bits per heavy atom. The SMILES string of the molecule is CCn1cc(CN2Cc3ccnn3C[C@H](CNS(C)(=O)=O)C2)cn1. The molecule has 0 radical (unpaired) electrons. The van der Waals surface area contributed by atoms with Gasteiger partial charge in [-0.3, -0.25) is 14.3 Å². The van der Waals surface area contributed by atoms with Crippen molar-refractivity contribution in [1.82, 2.24) is 29.2 Å². The predicted octanol–water partition coefficient (Wildman–Crippen LogP) is 0.281. The van der Waals surface area contributed by atoms with Gasteiger partial charge in [0.25, 0.3) is 0 Å². The van der Waals surface area contributed by atoms with Crippen molar-refractivity contribution < 1.29 is 8.42 Å². The van der Waals surface area contributed by atoms with Gasteiger partial charge in [0, 0.05) is 63.1 Å². The molecule has 0 aliphatic carbocycles. The van der Waals surface area contributed by atoms with E-state index in [4.69, 9.17) is 0 Å². The van der Waals surface area contributed by atoms with Gasteiger partial charge in [0.2, 0.25) is 10.0 Å². The summed E-state index contributed by atoms with van der Waals surface area (Å²) >= 11 is 0. The number of hydrogen-bond donors (Lipinski definition) is 1. The van der Waals surface area contributed by atoms with Gasteiger partial charge in [-0.05, 0) is 13.0 Å². The summed E-state index contributed by atoms with van der Waals surface area (Å²) < 4.78 is 29.3. The van der Waals surface area contributed by atoms with Crippen LogP contribution in [-0.2, 0) is 36.2 Å². The molecule has 0 saturated heterocycles. The van der Waals surface area contributed by atoms with Gasteiger partial charge in [0.1, 0.15) is 0 Å². The fraction of sp³-hybridized carbons (Fsp3) is 0.600. The van der Waals surface area contributed by atoms with Gasteiger partial charge in [-0.2, -0.15) is 10.2 Å². The summed E-state index contributed by atoms with van der Waals surface area (Å²) in [6.45, 7) is 6.46. The van der Waals surface area contributed by atoms with Gasteiger partial charge in [0.05, 0.1) is 18.1 Å². The van der Waals surface area contributed by atoms with Gasteiger partial charge < -0.3 is 0 Å². The van der Waals surface area contributed by atoms with Crippen LogP contribution in [0.4, 0.5) is 0 Å². The van der Waals surface area contributed by atoms with E-state index >= 15 is 0 Å². The highest BCUT2D eigenvalue weighted by molar-refractivity contribution is 7.88. The van der Waals surface area contributed by atoms with Crippen molar-refractivity contribution in [2.45, 2.75) is 33.1 Å². The quantitative estimate of drug-likeness (QED) is 0.807. The van der Waals surface area contributed by atoms with Crippen LogP contribution in [0.1, 0.15) is 18.2 Å². The molecule has 0 fully saturated rings. The van der Waals surface area contributed by atoms with Crippen LogP contribution in [0.25, 0.3) is 0 Å². The molecule has 0 bridgehead atoms. The van der Waals surface area contributed by atoms with Gasteiger partial charge >= 0.3 is 0 Å². The minimum atomic E-state index is -3.19. The van der Waals surface area contributed by atoms with Crippen molar-refractivity contribution in [2.75, 3.05) is 19.3 Å². The first-order valence-corrected chi connectivity index (χ1v) is 10.0. The van der Waals surface area contributed by atoms with E-state index in [0.29, 0.717) is 6.54 Å². The molecule has 3 heterocycles. The molecule has 1 N–H and O–H groups in total. The Kier molecular flexibility index (Phi) is 5.02. The highest BCUT2D eigenvalue weighted by Crippen LogP contribution is 2.18. The molecule has 0 aromatic carbocycles. The first-order valence-electron chi connectivity index (χ1n) is 8.12. The molecule has 8 nitrogen and oxygen atoms in total. The Labute approximate surface area is 142 Å². The fourth-order valence-electron chi connectivity index (χ4n) is 3.06. The van der Waals surface area contributed by atoms with Crippen molar-refractivity contribution in [3.05, 3.63) is 35.9 Å². The zero-order valence-electron chi connectivity index (χ0n) is 14.1. The lowest BCUT2D eigenvalue weighted by molar-refractivity contribution is 0.221. The smallest absolute Gasteiger partial charge is 0.208 e. The monoisotopic (exact) mass is 352 g/mol. The van der Waals surface area contributed by atoms with Crippen LogP contribution in [0.15, 0.2) is 24.7 Å². The third kappa shape index (κ3) is 4.43. The van der Waals surface area contributed by atoms with Crippen LogP contribution < -0.4 is 4.72 Å². The normalized spacial score (nSPS) is 19.2. The van der Waals surface area contributed by atoms with E-state index < -0.39 is 10.0 Å². The maximum atomic E-state index is 11.4. The molecule has 0 saturated carbocycles. The van der Waals surface area contributed by atoms with Crippen molar-refractivity contribution in [1.29, 1.82) is 0 Å². The maximum absolute atomic E-state index is 11.4. The fourth-order valence-corrected chi connectivity index (χ4v) is 3.60. The predicted molar refractivity (Wildman–Crippen MR) is 90.6 cm³/mol. The van der Waals surface area contributed by atoms with E-state index in [1.165, 1.54) is 11.8 Å². The Balaban J connectivity index is 1.73. The van der Waals surface area contributed by atoms with Crippen LogP contribution in [0.5, 0.6) is 0 Å². The van der Waals surface area contributed by atoms with Crippen LogP contribution in [0.3, 0.4) is 0 Å². The van der Waals surface area contributed by atoms with E-state index in [1.54, 1.807) is 6.20 Å². The van der Waals surface area contributed by atoms with E-state index in [0.717, 1.165) is 38.4 Å². The van der Waals surface area contributed by atoms with Crippen LogP contribution >= 0.6 is 0 Å². The molecular weight excluding hydrogens is 328 g/mol. The summed E-state index contributed by atoms with van der Waals surface area (Å²) in [5.41, 5.74) is 2.32. The Morgan fingerprint density at radius 1 is 1.33 bits per heavy atom. The van der Waals surface area contributed by atoms with Crippen LogP contribution in [-0.4, -0.2) is 52.2 Å². The number of aromatic nitrogens is 4. The number of sulfonamides is 1. The van der Waals surface area contributed by atoms with Crippen molar-refractivity contribution in [2.24, 2.45) is 5.92 Å². The van der Waals surface area contributed by atoms with Gasteiger partial charge in [0.15, 0.2) is 0 Å². The molecule has 2 aromatic rings. The number of nitrogens with zero attached hydrogens (tertiary/aromatic N) is 5. The van der Waals surface area contributed by atoms with Crippen molar-refractivity contribution in [3.63, 3.8) is 0 Å². The Hall–Kier alpha value is -1.71. The molecular formula is C15H24N6O2S. The average Bonchev–Trinajstić information content (AvgIpc) is 3.10. The highest BCUT2D eigenvalue weighted by Gasteiger charge is 2.23. The molecule has 24 heavy (non-hydrogen) atoms. The second-order valence-corrected chi connectivity index (χ2v) is 8.20. The molecule has 1 aliphatic rings. The van der Waals surface area contributed by atoms with E-state index in [9.17, 15) is 8.42 Å². The average molecular weight is 352 g/mol. The molecule has 3 rings (SSSR count). The van der Waals surface area contributed by atoms with Gasteiger partial charge in [-0.25, -0.2) is 13.1 Å². The van der Waals surface area contributed by atoms with E-state index in [-0.39, 0.29) is 5.92 Å². The molecule has 1 atom stereocenters. The lowest BCUT2D eigenvalue weighted by Gasteiger charge is -2.23. The number of aryl methyl sites for hydroxylation is 1. The largest absolute Gasteiger partial charge is 0.293 e. The number of nitrogens with one attached hydrogen (secondary N) is 1. The topological polar surface area (TPSA) is 85.0 Å². The second kappa shape index (κ2) is 7.04. The van der Waals surface area contributed by atoms with E-state index in [1.807, 2.05) is 21.6 Å². The molecule has 0 spiro atoms. The molecule has 9 heteroatoms. The summed E-state index contributed by atoms with van der Waals surface area (Å²) in [7, 11) is -3.19. The first-order chi connectivity index (χ1) is 11.4. The first kappa shape index (κ1) is 17.1. The summed E-state index contributed by atoms with van der Waals surface area (Å²) in [5, 5.41) is 8.69. The standard InChI is InChI=1S/C15H24N6O2S/c1-3-20-10-13(6-17-20)8-19-9-14(7-18-24(2,22)23)11-21-15(12-19)4-5-16-21/h4-6,10,14,18H,3,7-9,11-12H2,1-2H3/t14-/m1/s1. The lowest BCUT2D eigenvalue weighted by atomic mass is 10.1. The van der Waals surface area contributed by atoms with Crippen LogP contribution in [0.2, 0.25) is 0 Å². The van der Waals surface area contributed by atoms with Gasteiger partial charge in [-0.15, -0.1) is 0 Å². The summed E-state index contributed by atoms with van der Waals surface area (Å²) in [5.74, 6) is 0.169. The third-order valence-corrected chi connectivity index (χ3v) is 4.88. The number of hydrogen-bond acceptors (Lipinski definition) is 5. The molecule has 0 amide bonds. The minimum Gasteiger partial charge on any atom is -0.293 e. The molecule has 0 unspecified atom stereocenters. The number of rotatable bonds is 6. The van der Waals surface area contributed by atoms with Crippen LogP contribution in [0, 0.1) is 5.92 Å². The zero-order valence-corrected chi connectivity index (χ0v) is 14.9.